The van der Waals surface area contributed by atoms with Gasteiger partial charge >= 0.3 is 0 Å². The number of rotatable bonds is 3. The van der Waals surface area contributed by atoms with E-state index in [1.165, 1.54) is 19.4 Å². The molecule has 0 amide bonds. The number of benzene rings is 1. The molecule has 4 heteroatoms. The zero-order valence-electron chi connectivity index (χ0n) is 8.14. The van der Waals surface area contributed by atoms with Crippen molar-refractivity contribution in [2.24, 2.45) is 0 Å². The zero-order valence-corrected chi connectivity index (χ0v) is 8.14. The van der Waals surface area contributed by atoms with Crippen LogP contribution in [0.25, 0.3) is 0 Å². The van der Waals surface area contributed by atoms with E-state index in [1.807, 2.05) is 0 Å². The van der Waals surface area contributed by atoms with Crippen LogP contribution in [0.3, 0.4) is 0 Å². The number of hydrogen-bond donors (Lipinski definition) is 0. The Labute approximate surface area is 86.5 Å². The predicted octanol–water partition coefficient (Wildman–Crippen LogP) is 2.67. The highest BCUT2D eigenvalue weighted by Gasteiger charge is 2.01. The summed E-state index contributed by atoms with van der Waals surface area (Å²) in [6.45, 7) is 1.52. The lowest BCUT2D eigenvalue weighted by atomic mass is 10.1. The van der Waals surface area contributed by atoms with Crippen molar-refractivity contribution in [3.63, 3.8) is 0 Å². The first-order valence-corrected chi connectivity index (χ1v) is 4.44. The van der Waals surface area contributed by atoms with E-state index in [1.54, 1.807) is 24.3 Å². The highest BCUT2D eigenvalue weighted by Crippen LogP contribution is 2.20. The number of aromatic nitrogens is 1. The van der Waals surface area contributed by atoms with Gasteiger partial charge in [0, 0.05) is 5.56 Å². The van der Waals surface area contributed by atoms with Gasteiger partial charge in [0.2, 0.25) is 0 Å². The van der Waals surface area contributed by atoms with Gasteiger partial charge in [0.25, 0.3) is 0 Å². The number of carbonyl (C=O) groups excluding carboxylic acids is 1. The minimum absolute atomic E-state index is 0.0338. The summed E-state index contributed by atoms with van der Waals surface area (Å²) in [6, 6.07) is 6.88. The quantitative estimate of drug-likeness (QED) is 0.719. The maximum Gasteiger partial charge on any atom is 0.186 e. The normalized spacial score (nSPS) is 9.93. The van der Waals surface area contributed by atoms with Gasteiger partial charge in [-0.15, -0.1) is 0 Å². The Morgan fingerprint density at radius 3 is 2.53 bits per heavy atom. The first kappa shape index (κ1) is 9.45. The average molecular weight is 203 g/mol. The predicted molar refractivity (Wildman–Crippen MR) is 53.0 cm³/mol. The van der Waals surface area contributed by atoms with Crippen LogP contribution < -0.4 is 4.74 Å². The maximum atomic E-state index is 11.0. The van der Waals surface area contributed by atoms with Crippen LogP contribution >= 0.6 is 0 Å². The molecule has 15 heavy (non-hydrogen) atoms. The molecule has 1 aromatic heterocycles. The molecule has 0 spiro atoms. The van der Waals surface area contributed by atoms with E-state index in [0.717, 1.165) is 0 Å². The molecule has 2 rings (SSSR count). The Balaban J connectivity index is 2.14. The molecular formula is C11H9NO3. The number of ketones is 1. The molecule has 1 aromatic carbocycles. The minimum Gasteiger partial charge on any atom is -0.452 e. The third-order valence-corrected chi connectivity index (χ3v) is 1.91. The summed E-state index contributed by atoms with van der Waals surface area (Å²) >= 11 is 0. The van der Waals surface area contributed by atoms with E-state index in [4.69, 9.17) is 4.74 Å². The molecule has 0 unspecified atom stereocenters. The van der Waals surface area contributed by atoms with Crippen LogP contribution in [0.1, 0.15) is 17.3 Å². The summed E-state index contributed by atoms with van der Waals surface area (Å²) in [6.07, 6.45) is 2.87. The molecule has 0 saturated carbocycles. The average Bonchev–Trinajstić information content (AvgIpc) is 2.71. The molecule has 4 nitrogen and oxygen atoms in total. The third-order valence-electron chi connectivity index (χ3n) is 1.91. The SMILES string of the molecule is CC(=O)c1ccc(Oc2cnoc2)cc1. The van der Waals surface area contributed by atoms with Gasteiger partial charge < -0.3 is 9.26 Å². The Morgan fingerprint density at radius 2 is 2.00 bits per heavy atom. The fourth-order valence-electron chi connectivity index (χ4n) is 1.14. The lowest BCUT2D eigenvalue weighted by Gasteiger charge is -2.01. The van der Waals surface area contributed by atoms with Gasteiger partial charge in [0.1, 0.15) is 11.9 Å². The summed E-state index contributed by atoms with van der Waals surface area (Å²) in [7, 11) is 0. The maximum absolute atomic E-state index is 11.0. The fourth-order valence-corrected chi connectivity index (χ4v) is 1.14. The second-order valence-corrected chi connectivity index (χ2v) is 3.04. The van der Waals surface area contributed by atoms with Crippen molar-refractivity contribution in [2.75, 3.05) is 0 Å². The summed E-state index contributed by atoms with van der Waals surface area (Å²) < 4.78 is 10.0. The monoisotopic (exact) mass is 203 g/mol. The lowest BCUT2D eigenvalue weighted by Crippen LogP contribution is -1.91. The molecule has 0 bridgehead atoms. The molecule has 0 fully saturated rings. The van der Waals surface area contributed by atoms with Crippen LogP contribution in [0.2, 0.25) is 0 Å². The molecule has 0 aliphatic heterocycles. The zero-order chi connectivity index (χ0) is 10.7. The molecule has 2 aromatic rings. The first-order valence-electron chi connectivity index (χ1n) is 4.44. The molecule has 0 atom stereocenters. The van der Waals surface area contributed by atoms with E-state index in [2.05, 4.69) is 9.68 Å². The van der Waals surface area contributed by atoms with Gasteiger partial charge in [-0.25, -0.2) is 0 Å². The Hall–Kier alpha value is -2.10. The molecule has 0 saturated heterocycles. The molecular weight excluding hydrogens is 194 g/mol. The minimum atomic E-state index is 0.0338. The molecule has 1 heterocycles. The summed E-state index contributed by atoms with van der Waals surface area (Å²) in [4.78, 5) is 11.0. The van der Waals surface area contributed by atoms with Crippen LogP contribution in [0, 0.1) is 0 Å². The van der Waals surface area contributed by atoms with E-state index >= 15 is 0 Å². The number of hydrogen-bond acceptors (Lipinski definition) is 4. The molecule has 76 valence electrons. The van der Waals surface area contributed by atoms with E-state index < -0.39 is 0 Å². The topological polar surface area (TPSA) is 52.3 Å². The number of carbonyl (C=O) groups is 1. The van der Waals surface area contributed by atoms with E-state index in [0.29, 0.717) is 17.1 Å². The van der Waals surface area contributed by atoms with Gasteiger partial charge in [0.15, 0.2) is 17.8 Å². The van der Waals surface area contributed by atoms with E-state index in [-0.39, 0.29) is 5.78 Å². The fraction of sp³-hybridized carbons (Fsp3) is 0.0909. The van der Waals surface area contributed by atoms with Crippen LogP contribution in [-0.4, -0.2) is 10.9 Å². The van der Waals surface area contributed by atoms with Gasteiger partial charge in [-0.1, -0.05) is 5.16 Å². The van der Waals surface area contributed by atoms with Crippen molar-refractivity contribution in [1.29, 1.82) is 0 Å². The molecule has 0 aliphatic carbocycles. The van der Waals surface area contributed by atoms with Gasteiger partial charge in [-0.2, -0.15) is 0 Å². The molecule has 0 N–H and O–H groups in total. The van der Waals surface area contributed by atoms with Crippen molar-refractivity contribution in [3.8, 4) is 11.5 Å². The van der Waals surface area contributed by atoms with Crippen molar-refractivity contribution >= 4 is 5.78 Å². The number of Topliss-reactive ketones (excluding diaryl/α,β-unsaturated/α-hetero) is 1. The number of nitrogens with zero attached hydrogens (tertiary/aromatic N) is 1. The third kappa shape index (κ3) is 2.22. The highest BCUT2D eigenvalue weighted by atomic mass is 16.5. The Kier molecular flexibility index (Phi) is 2.49. The first-order chi connectivity index (χ1) is 7.25. The van der Waals surface area contributed by atoms with Crippen LogP contribution in [0.15, 0.2) is 41.2 Å². The molecule has 0 radical (unpaired) electrons. The van der Waals surface area contributed by atoms with Gasteiger partial charge in [-0.05, 0) is 31.2 Å². The summed E-state index contributed by atoms with van der Waals surface area (Å²) in [5.41, 5.74) is 0.660. The second-order valence-electron chi connectivity index (χ2n) is 3.04. The lowest BCUT2D eigenvalue weighted by molar-refractivity contribution is 0.101. The Bertz CT molecular complexity index is 445. The second kappa shape index (κ2) is 3.96. The summed E-state index contributed by atoms with van der Waals surface area (Å²) in [5.74, 6) is 1.21. The van der Waals surface area contributed by atoms with Crippen molar-refractivity contribution in [1.82, 2.24) is 5.16 Å². The van der Waals surface area contributed by atoms with Crippen molar-refractivity contribution < 1.29 is 14.1 Å². The largest absolute Gasteiger partial charge is 0.452 e. The van der Waals surface area contributed by atoms with Crippen molar-refractivity contribution in [2.45, 2.75) is 6.92 Å². The van der Waals surface area contributed by atoms with Gasteiger partial charge in [0.05, 0.1) is 0 Å². The summed E-state index contributed by atoms with van der Waals surface area (Å²) in [5, 5.41) is 3.51. The Morgan fingerprint density at radius 1 is 1.27 bits per heavy atom. The standard InChI is InChI=1S/C11H9NO3/c1-8(13)9-2-4-10(5-3-9)15-11-6-12-14-7-11/h2-7H,1H3. The van der Waals surface area contributed by atoms with Crippen LogP contribution in [-0.2, 0) is 0 Å². The van der Waals surface area contributed by atoms with E-state index in [9.17, 15) is 4.79 Å². The van der Waals surface area contributed by atoms with Crippen LogP contribution in [0.5, 0.6) is 11.5 Å². The van der Waals surface area contributed by atoms with Gasteiger partial charge in [-0.3, -0.25) is 4.79 Å². The van der Waals surface area contributed by atoms with Crippen molar-refractivity contribution in [3.05, 3.63) is 42.3 Å². The number of ether oxygens (including phenoxy) is 1. The smallest absolute Gasteiger partial charge is 0.186 e. The van der Waals surface area contributed by atoms with Crippen LogP contribution in [0.4, 0.5) is 0 Å². The molecule has 0 aliphatic rings. The highest BCUT2D eigenvalue weighted by molar-refractivity contribution is 5.94.